The summed E-state index contributed by atoms with van der Waals surface area (Å²) in [6.07, 6.45) is 3.24. The molecule has 0 aliphatic carbocycles. The van der Waals surface area contributed by atoms with E-state index in [4.69, 9.17) is 10.5 Å². The fourth-order valence-electron chi connectivity index (χ4n) is 1.87. The molecule has 1 heterocycles. The Morgan fingerprint density at radius 1 is 1.40 bits per heavy atom. The molecule has 0 aliphatic heterocycles. The average Bonchev–Trinajstić information content (AvgIpc) is 2.38. The van der Waals surface area contributed by atoms with Gasteiger partial charge in [-0.15, -0.1) is 0 Å². The van der Waals surface area contributed by atoms with Crippen LogP contribution in [-0.4, -0.2) is 9.55 Å². The molecule has 1 aromatic heterocycles. The lowest BCUT2D eigenvalue weighted by molar-refractivity contribution is 0.430. The number of benzene rings is 1. The highest BCUT2D eigenvalue weighted by Crippen LogP contribution is 2.24. The Balaban J connectivity index is 2.34. The molecule has 0 atom stereocenters. The molecule has 0 fully saturated rings. The molecule has 5 nitrogen and oxygen atoms in total. The molecule has 0 unspecified atom stereocenters. The molecular formula is C15H19N3O2. The first-order valence-electron chi connectivity index (χ1n) is 6.57. The number of ether oxygens (including phenoxy) is 1. The zero-order chi connectivity index (χ0) is 14.7. The molecule has 0 spiro atoms. The molecule has 5 heteroatoms. The third kappa shape index (κ3) is 3.17. The number of nitrogens with two attached hydrogens (primary N) is 1. The van der Waals surface area contributed by atoms with Crippen molar-refractivity contribution in [2.75, 3.05) is 5.73 Å². The smallest absolute Gasteiger partial charge is 0.313 e. The van der Waals surface area contributed by atoms with Gasteiger partial charge in [0, 0.05) is 30.7 Å². The lowest BCUT2D eigenvalue weighted by atomic mass is 10.2. The molecule has 2 N–H and O–H groups in total. The van der Waals surface area contributed by atoms with Crippen molar-refractivity contribution in [1.29, 1.82) is 0 Å². The molecule has 1 aromatic carbocycles. The predicted octanol–water partition coefficient (Wildman–Crippen LogP) is 2.58. The van der Waals surface area contributed by atoms with E-state index in [0.717, 1.165) is 5.56 Å². The van der Waals surface area contributed by atoms with Crippen LogP contribution in [0.4, 0.5) is 5.69 Å². The maximum absolute atomic E-state index is 12.2. The molecule has 0 bridgehead atoms. The van der Waals surface area contributed by atoms with E-state index >= 15 is 0 Å². The van der Waals surface area contributed by atoms with Crippen LogP contribution >= 0.6 is 0 Å². The minimum absolute atomic E-state index is 0.0712. The van der Waals surface area contributed by atoms with Crippen molar-refractivity contribution in [3.8, 4) is 11.6 Å². The highest BCUT2D eigenvalue weighted by Gasteiger charge is 2.10. The van der Waals surface area contributed by atoms with E-state index in [-0.39, 0.29) is 11.4 Å². The summed E-state index contributed by atoms with van der Waals surface area (Å²) in [4.78, 5) is 16.3. The maximum Gasteiger partial charge on any atom is 0.313 e. The summed E-state index contributed by atoms with van der Waals surface area (Å²) in [5, 5.41) is 0. The van der Waals surface area contributed by atoms with Crippen LogP contribution < -0.4 is 16.0 Å². The van der Waals surface area contributed by atoms with Crippen molar-refractivity contribution in [1.82, 2.24) is 9.55 Å². The van der Waals surface area contributed by atoms with Gasteiger partial charge in [0.1, 0.15) is 5.75 Å². The normalized spacial score (nSPS) is 10.8. The van der Waals surface area contributed by atoms with Crippen LogP contribution in [0.3, 0.4) is 0 Å². The zero-order valence-electron chi connectivity index (χ0n) is 12.0. The molecule has 0 amide bonds. The topological polar surface area (TPSA) is 70.1 Å². The van der Waals surface area contributed by atoms with Crippen molar-refractivity contribution in [2.45, 2.75) is 27.3 Å². The van der Waals surface area contributed by atoms with Crippen molar-refractivity contribution < 1.29 is 4.74 Å². The summed E-state index contributed by atoms with van der Waals surface area (Å²) < 4.78 is 7.22. The van der Waals surface area contributed by atoms with Crippen molar-refractivity contribution in [3.05, 3.63) is 46.5 Å². The largest absolute Gasteiger partial charge is 0.434 e. The fraction of sp³-hybridized carbons (Fsp3) is 0.333. The third-order valence-corrected chi connectivity index (χ3v) is 2.86. The van der Waals surface area contributed by atoms with Crippen molar-refractivity contribution in [2.24, 2.45) is 5.92 Å². The first-order chi connectivity index (χ1) is 9.47. The minimum Gasteiger partial charge on any atom is -0.434 e. The number of rotatable bonds is 4. The van der Waals surface area contributed by atoms with Crippen molar-refractivity contribution >= 4 is 5.69 Å². The van der Waals surface area contributed by atoms with Gasteiger partial charge < -0.3 is 15.0 Å². The third-order valence-electron chi connectivity index (χ3n) is 2.86. The van der Waals surface area contributed by atoms with Gasteiger partial charge in [0.2, 0.25) is 0 Å². The van der Waals surface area contributed by atoms with Gasteiger partial charge in [-0.1, -0.05) is 19.9 Å². The van der Waals surface area contributed by atoms with E-state index in [1.807, 2.05) is 13.0 Å². The molecule has 2 aromatic rings. The summed E-state index contributed by atoms with van der Waals surface area (Å²) in [6.45, 7) is 6.63. The van der Waals surface area contributed by atoms with Gasteiger partial charge in [-0.3, -0.25) is 4.79 Å². The van der Waals surface area contributed by atoms with E-state index in [1.54, 1.807) is 29.1 Å². The van der Waals surface area contributed by atoms with E-state index in [1.165, 1.54) is 0 Å². The Bertz CT molecular complexity index is 662. The summed E-state index contributed by atoms with van der Waals surface area (Å²) in [7, 11) is 0. The lowest BCUT2D eigenvalue weighted by Gasteiger charge is -2.11. The second kappa shape index (κ2) is 5.77. The Hall–Kier alpha value is -2.30. The molecule has 106 valence electrons. The van der Waals surface area contributed by atoms with Crippen LogP contribution in [0.2, 0.25) is 0 Å². The Labute approximate surface area is 118 Å². The van der Waals surface area contributed by atoms with E-state index in [9.17, 15) is 4.79 Å². The lowest BCUT2D eigenvalue weighted by Crippen LogP contribution is -2.23. The molecule has 0 radical (unpaired) electrons. The van der Waals surface area contributed by atoms with Gasteiger partial charge >= 0.3 is 5.56 Å². The van der Waals surface area contributed by atoms with Crippen LogP contribution in [0.25, 0.3) is 0 Å². The van der Waals surface area contributed by atoms with Crippen molar-refractivity contribution in [3.63, 3.8) is 0 Å². The number of aryl methyl sites for hydroxylation is 1. The van der Waals surface area contributed by atoms with Gasteiger partial charge in [0.15, 0.2) is 0 Å². The summed E-state index contributed by atoms with van der Waals surface area (Å²) >= 11 is 0. The van der Waals surface area contributed by atoms with Crippen LogP contribution in [0.5, 0.6) is 11.6 Å². The Morgan fingerprint density at radius 2 is 2.15 bits per heavy atom. The fourth-order valence-corrected chi connectivity index (χ4v) is 1.87. The van der Waals surface area contributed by atoms with Gasteiger partial charge in [-0.25, -0.2) is 4.98 Å². The number of nitrogen functional groups attached to an aromatic ring is 1. The summed E-state index contributed by atoms with van der Waals surface area (Å²) in [5.41, 5.74) is 6.99. The van der Waals surface area contributed by atoms with E-state index < -0.39 is 0 Å². The quantitative estimate of drug-likeness (QED) is 0.869. The number of hydrogen-bond acceptors (Lipinski definition) is 4. The standard InChI is InChI=1S/C15H19N3O2/c1-10(2)9-18-7-6-17-14(15(18)19)20-13-8-12(16)5-4-11(13)3/h4-8,10H,9,16H2,1-3H3. The average molecular weight is 273 g/mol. The number of nitrogens with zero attached hydrogens (tertiary/aromatic N) is 2. The molecule has 0 aliphatic rings. The molecule has 20 heavy (non-hydrogen) atoms. The molecule has 0 saturated carbocycles. The van der Waals surface area contributed by atoms with Crippen LogP contribution in [0.15, 0.2) is 35.4 Å². The van der Waals surface area contributed by atoms with Gasteiger partial charge in [0.25, 0.3) is 5.88 Å². The predicted molar refractivity (Wildman–Crippen MR) is 79.0 cm³/mol. The van der Waals surface area contributed by atoms with Gasteiger partial charge in [0.05, 0.1) is 0 Å². The number of anilines is 1. The minimum atomic E-state index is -0.233. The highest BCUT2D eigenvalue weighted by atomic mass is 16.5. The van der Waals surface area contributed by atoms with Crippen LogP contribution in [0, 0.1) is 12.8 Å². The Morgan fingerprint density at radius 3 is 2.85 bits per heavy atom. The second-order valence-electron chi connectivity index (χ2n) is 5.21. The molecule has 2 rings (SSSR count). The van der Waals surface area contributed by atoms with Gasteiger partial charge in [-0.2, -0.15) is 0 Å². The van der Waals surface area contributed by atoms with Crippen LogP contribution in [-0.2, 0) is 6.54 Å². The molecule has 0 saturated heterocycles. The van der Waals surface area contributed by atoms with E-state index in [2.05, 4.69) is 18.8 Å². The first-order valence-corrected chi connectivity index (χ1v) is 6.57. The molecular weight excluding hydrogens is 254 g/mol. The zero-order valence-corrected chi connectivity index (χ0v) is 12.0. The first kappa shape index (κ1) is 14.1. The SMILES string of the molecule is Cc1ccc(N)cc1Oc1nccn(CC(C)C)c1=O. The highest BCUT2D eigenvalue weighted by molar-refractivity contribution is 5.48. The van der Waals surface area contributed by atoms with Gasteiger partial charge in [-0.05, 0) is 24.5 Å². The number of aromatic nitrogens is 2. The summed E-state index contributed by atoms with van der Waals surface area (Å²) in [6, 6.07) is 5.33. The summed E-state index contributed by atoms with van der Waals surface area (Å²) in [5.74, 6) is 0.996. The number of hydrogen-bond donors (Lipinski definition) is 1. The monoisotopic (exact) mass is 273 g/mol. The second-order valence-corrected chi connectivity index (χ2v) is 5.21. The maximum atomic E-state index is 12.2. The van der Waals surface area contributed by atoms with Crippen LogP contribution in [0.1, 0.15) is 19.4 Å². The Kier molecular flexibility index (Phi) is 4.08. The van der Waals surface area contributed by atoms with E-state index in [0.29, 0.717) is 23.9 Å².